The first-order valence-corrected chi connectivity index (χ1v) is 6.75. The molecule has 1 unspecified atom stereocenters. The van der Waals surface area contributed by atoms with Crippen molar-refractivity contribution < 1.29 is 14.3 Å². The number of carbonyl (C=O) groups excluding carboxylic acids is 1. The molecule has 0 radical (unpaired) electrons. The van der Waals surface area contributed by atoms with E-state index < -0.39 is 0 Å². The molecule has 0 aliphatic carbocycles. The summed E-state index contributed by atoms with van der Waals surface area (Å²) in [5, 5.41) is 0. The molecule has 1 fully saturated rings. The molecule has 1 atom stereocenters. The van der Waals surface area contributed by atoms with Crippen LogP contribution in [0.4, 0.5) is 0 Å². The number of rotatable bonds is 3. The van der Waals surface area contributed by atoms with Crippen molar-refractivity contribution in [3.63, 3.8) is 0 Å². The van der Waals surface area contributed by atoms with Gasteiger partial charge in [-0.3, -0.25) is 4.79 Å². The molecule has 1 aromatic rings. The highest BCUT2D eigenvalue weighted by Gasteiger charge is 2.29. The van der Waals surface area contributed by atoms with Crippen LogP contribution in [-0.4, -0.2) is 49.2 Å². The van der Waals surface area contributed by atoms with Crippen molar-refractivity contribution in [2.45, 2.75) is 12.5 Å². The van der Waals surface area contributed by atoms with Gasteiger partial charge in [-0.15, -0.1) is 0 Å². The maximum atomic E-state index is 12.5. The van der Waals surface area contributed by atoms with Gasteiger partial charge in [-0.25, -0.2) is 4.98 Å². The number of halogens is 1. The molecule has 1 aliphatic heterocycles. The first-order chi connectivity index (χ1) is 8.67. The number of nitrogens with zero attached hydrogens (tertiary/aromatic N) is 2. The van der Waals surface area contributed by atoms with Gasteiger partial charge in [0.15, 0.2) is 0 Å². The zero-order valence-electron chi connectivity index (χ0n) is 10.4. The largest absolute Gasteiger partial charge is 0.480 e. The maximum absolute atomic E-state index is 12.5. The summed E-state index contributed by atoms with van der Waals surface area (Å²) in [7, 11) is 3.20. The van der Waals surface area contributed by atoms with Gasteiger partial charge in [0.05, 0.1) is 13.2 Å². The molecular weight excluding hydrogens is 347 g/mol. The van der Waals surface area contributed by atoms with Crippen molar-refractivity contribution in [1.82, 2.24) is 9.88 Å². The maximum Gasteiger partial charge on any atom is 0.260 e. The van der Waals surface area contributed by atoms with Gasteiger partial charge >= 0.3 is 0 Å². The molecule has 0 saturated carbocycles. The number of carbonyl (C=O) groups is 1. The summed E-state index contributed by atoms with van der Waals surface area (Å²) < 4.78 is 11.3. The molecule has 98 valence electrons. The number of methoxy groups -OCH3 is 2. The van der Waals surface area contributed by atoms with Crippen molar-refractivity contribution in [3.05, 3.63) is 21.4 Å². The molecule has 6 heteroatoms. The van der Waals surface area contributed by atoms with Crippen LogP contribution in [0.3, 0.4) is 0 Å². The second-order valence-corrected chi connectivity index (χ2v) is 5.24. The average molecular weight is 362 g/mol. The van der Waals surface area contributed by atoms with Crippen LogP contribution in [0.2, 0.25) is 0 Å². The lowest BCUT2D eigenvalue weighted by Gasteiger charge is -2.18. The predicted octanol–water partition coefficient (Wildman–Crippen LogP) is 1.56. The standard InChI is InChI=1S/C12H15IN2O3/c1-17-8-4-6-15(7-8)12(16)10-9(13)3-5-14-11(10)18-2/h3,5,8H,4,6-7H2,1-2H3. The van der Waals surface area contributed by atoms with E-state index in [0.717, 1.165) is 9.99 Å². The van der Waals surface area contributed by atoms with Crippen molar-refractivity contribution in [1.29, 1.82) is 0 Å². The zero-order valence-corrected chi connectivity index (χ0v) is 12.5. The minimum Gasteiger partial charge on any atom is -0.480 e. The van der Waals surface area contributed by atoms with Crippen molar-refractivity contribution >= 4 is 28.5 Å². The van der Waals surface area contributed by atoms with Crippen LogP contribution in [0.15, 0.2) is 12.3 Å². The highest BCUT2D eigenvalue weighted by molar-refractivity contribution is 14.1. The van der Waals surface area contributed by atoms with Gasteiger partial charge in [-0.05, 0) is 35.1 Å². The molecule has 2 heterocycles. The topological polar surface area (TPSA) is 51.7 Å². The first kappa shape index (κ1) is 13.5. The van der Waals surface area contributed by atoms with Gasteiger partial charge in [0.25, 0.3) is 5.91 Å². The number of pyridine rings is 1. The van der Waals surface area contributed by atoms with Crippen molar-refractivity contribution in [2.24, 2.45) is 0 Å². The number of amides is 1. The summed E-state index contributed by atoms with van der Waals surface area (Å²) in [5.41, 5.74) is 0.539. The molecule has 1 aromatic heterocycles. The lowest BCUT2D eigenvalue weighted by atomic mass is 10.2. The van der Waals surface area contributed by atoms with E-state index in [9.17, 15) is 4.79 Å². The Labute approximate surface area is 120 Å². The Kier molecular flexibility index (Phi) is 4.39. The van der Waals surface area contributed by atoms with Crippen LogP contribution in [0.1, 0.15) is 16.8 Å². The van der Waals surface area contributed by atoms with Crippen LogP contribution >= 0.6 is 22.6 Å². The fourth-order valence-corrected chi connectivity index (χ4v) is 2.65. The molecule has 0 N–H and O–H groups in total. The fraction of sp³-hybridized carbons (Fsp3) is 0.500. The van der Waals surface area contributed by atoms with Crippen LogP contribution in [0, 0.1) is 3.57 Å². The summed E-state index contributed by atoms with van der Waals surface area (Å²) >= 11 is 2.13. The molecule has 1 aliphatic rings. The van der Waals surface area contributed by atoms with Crippen molar-refractivity contribution in [3.8, 4) is 5.88 Å². The Balaban J connectivity index is 2.24. The molecule has 0 aromatic carbocycles. The molecule has 18 heavy (non-hydrogen) atoms. The normalized spacial score (nSPS) is 19.1. The SMILES string of the molecule is COc1nccc(I)c1C(=O)N1CCC(OC)C1. The van der Waals surface area contributed by atoms with Gasteiger partial charge in [0.1, 0.15) is 5.56 Å². The Hall–Kier alpha value is -0.890. The summed E-state index contributed by atoms with van der Waals surface area (Å²) in [6.07, 6.45) is 2.65. The summed E-state index contributed by atoms with van der Waals surface area (Å²) in [6.45, 7) is 1.34. The average Bonchev–Trinajstić information content (AvgIpc) is 2.86. The number of hydrogen-bond donors (Lipinski definition) is 0. The highest BCUT2D eigenvalue weighted by Crippen LogP contribution is 2.25. The second kappa shape index (κ2) is 5.83. The minimum absolute atomic E-state index is 0.0381. The first-order valence-electron chi connectivity index (χ1n) is 5.68. The van der Waals surface area contributed by atoms with E-state index in [-0.39, 0.29) is 12.0 Å². The van der Waals surface area contributed by atoms with Gasteiger partial charge in [-0.2, -0.15) is 0 Å². The quantitative estimate of drug-likeness (QED) is 0.766. The molecule has 5 nitrogen and oxygen atoms in total. The lowest BCUT2D eigenvalue weighted by Crippen LogP contribution is -2.31. The Bertz CT molecular complexity index is 453. The van der Waals surface area contributed by atoms with E-state index in [1.165, 1.54) is 7.11 Å². The van der Waals surface area contributed by atoms with Gasteiger partial charge in [-0.1, -0.05) is 0 Å². The molecular formula is C12H15IN2O3. The zero-order chi connectivity index (χ0) is 13.1. The van der Waals surface area contributed by atoms with Gasteiger partial charge < -0.3 is 14.4 Å². The number of ether oxygens (including phenoxy) is 2. The third-order valence-corrected chi connectivity index (χ3v) is 3.94. The van der Waals surface area contributed by atoms with E-state index in [1.807, 2.05) is 0 Å². The van der Waals surface area contributed by atoms with E-state index in [2.05, 4.69) is 27.6 Å². The summed E-state index contributed by atoms with van der Waals surface area (Å²) in [4.78, 5) is 18.3. The van der Waals surface area contributed by atoms with Crippen LogP contribution in [0.5, 0.6) is 5.88 Å². The number of aromatic nitrogens is 1. The Morgan fingerprint density at radius 1 is 1.56 bits per heavy atom. The summed E-state index contributed by atoms with van der Waals surface area (Å²) in [6, 6.07) is 1.81. The molecule has 0 bridgehead atoms. The Morgan fingerprint density at radius 3 is 2.94 bits per heavy atom. The molecule has 0 spiro atoms. The van der Waals surface area contributed by atoms with Crippen LogP contribution in [-0.2, 0) is 4.74 Å². The van der Waals surface area contributed by atoms with E-state index in [1.54, 1.807) is 24.3 Å². The smallest absolute Gasteiger partial charge is 0.260 e. The minimum atomic E-state index is -0.0381. The number of likely N-dealkylation sites (tertiary alicyclic amines) is 1. The third kappa shape index (κ3) is 2.59. The van der Waals surface area contributed by atoms with Gasteiger partial charge in [0.2, 0.25) is 5.88 Å². The second-order valence-electron chi connectivity index (χ2n) is 4.07. The van der Waals surface area contributed by atoms with E-state index in [4.69, 9.17) is 9.47 Å². The predicted molar refractivity (Wildman–Crippen MR) is 74.8 cm³/mol. The number of hydrogen-bond acceptors (Lipinski definition) is 4. The fourth-order valence-electron chi connectivity index (χ4n) is 2.03. The molecule has 2 rings (SSSR count). The third-order valence-electron chi connectivity index (χ3n) is 3.04. The Morgan fingerprint density at radius 2 is 2.33 bits per heavy atom. The van der Waals surface area contributed by atoms with Crippen molar-refractivity contribution in [2.75, 3.05) is 27.3 Å². The van der Waals surface area contributed by atoms with E-state index >= 15 is 0 Å². The summed E-state index contributed by atoms with van der Waals surface area (Å²) in [5.74, 6) is 0.344. The van der Waals surface area contributed by atoms with Crippen LogP contribution < -0.4 is 4.74 Å². The molecule has 1 saturated heterocycles. The monoisotopic (exact) mass is 362 g/mol. The molecule has 1 amide bonds. The van der Waals surface area contributed by atoms with Gasteiger partial charge in [0, 0.05) is 30.0 Å². The van der Waals surface area contributed by atoms with Crippen LogP contribution in [0.25, 0.3) is 0 Å². The highest BCUT2D eigenvalue weighted by atomic mass is 127. The van der Waals surface area contributed by atoms with E-state index in [0.29, 0.717) is 24.5 Å². The lowest BCUT2D eigenvalue weighted by molar-refractivity contribution is 0.0719.